The van der Waals surface area contributed by atoms with Crippen LogP contribution in [-0.2, 0) is 18.4 Å². The number of nitrogens with zero attached hydrogens (tertiary/aromatic N) is 3. The molecule has 0 fully saturated rings. The third kappa shape index (κ3) is 4.30. The predicted octanol–water partition coefficient (Wildman–Crippen LogP) is 3.83. The summed E-state index contributed by atoms with van der Waals surface area (Å²) in [6.07, 6.45) is 0. The van der Waals surface area contributed by atoms with Gasteiger partial charge in [0.2, 0.25) is 5.91 Å². The van der Waals surface area contributed by atoms with Crippen LogP contribution in [0.5, 0.6) is 0 Å². The molecule has 156 valence electrons. The van der Waals surface area contributed by atoms with Crippen LogP contribution >= 0.6 is 0 Å². The number of pyridine rings is 1. The fourth-order valence-corrected chi connectivity index (χ4v) is 3.62. The number of carbonyl (C=O) groups is 2. The van der Waals surface area contributed by atoms with E-state index in [4.69, 9.17) is 4.98 Å². The second-order valence-electron chi connectivity index (χ2n) is 7.39. The number of amides is 2. The maximum atomic E-state index is 13.2. The normalized spacial score (nSPS) is 10.8. The van der Waals surface area contributed by atoms with Crippen LogP contribution in [0.2, 0.25) is 0 Å². The third-order valence-corrected chi connectivity index (χ3v) is 4.98. The minimum Gasteiger partial charge on any atom is -0.348 e. The fraction of sp³-hybridized carbons (Fsp3) is 0.167. The number of aryl methyl sites for hydroxylation is 2. The molecule has 0 spiro atoms. The van der Waals surface area contributed by atoms with Crippen molar-refractivity contribution >= 4 is 28.5 Å². The quantitative estimate of drug-likeness (QED) is 0.520. The van der Waals surface area contributed by atoms with Gasteiger partial charge < -0.3 is 10.6 Å². The van der Waals surface area contributed by atoms with Gasteiger partial charge in [-0.3, -0.25) is 14.3 Å². The summed E-state index contributed by atoms with van der Waals surface area (Å²) in [5.74, 6) is -0.341. The largest absolute Gasteiger partial charge is 0.348 e. The lowest BCUT2D eigenvalue weighted by Crippen LogP contribution is -2.23. The summed E-state index contributed by atoms with van der Waals surface area (Å²) in [5.41, 5.74) is 5.18. The van der Waals surface area contributed by atoms with Crippen LogP contribution in [0.25, 0.3) is 22.3 Å². The van der Waals surface area contributed by atoms with Gasteiger partial charge in [0, 0.05) is 31.8 Å². The van der Waals surface area contributed by atoms with Crippen LogP contribution in [0.3, 0.4) is 0 Å². The Morgan fingerprint density at radius 3 is 2.55 bits per heavy atom. The number of hydrogen-bond donors (Lipinski definition) is 2. The number of carbonyl (C=O) groups excluding carboxylic acids is 2. The Morgan fingerprint density at radius 1 is 1.03 bits per heavy atom. The molecule has 0 saturated heterocycles. The average Bonchev–Trinajstić information content (AvgIpc) is 3.05. The zero-order valence-corrected chi connectivity index (χ0v) is 17.6. The molecule has 0 unspecified atom stereocenters. The van der Waals surface area contributed by atoms with Crippen LogP contribution in [-0.4, -0.2) is 26.6 Å². The molecule has 2 heterocycles. The van der Waals surface area contributed by atoms with Crippen molar-refractivity contribution < 1.29 is 9.59 Å². The molecule has 0 atom stereocenters. The van der Waals surface area contributed by atoms with Gasteiger partial charge in [-0.1, -0.05) is 42.5 Å². The highest BCUT2D eigenvalue weighted by molar-refractivity contribution is 6.07. The van der Waals surface area contributed by atoms with Crippen molar-refractivity contribution in [1.82, 2.24) is 20.1 Å². The second-order valence-corrected chi connectivity index (χ2v) is 7.39. The first-order valence-corrected chi connectivity index (χ1v) is 9.97. The fourth-order valence-electron chi connectivity index (χ4n) is 3.62. The van der Waals surface area contributed by atoms with Crippen molar-refractivity contribution in [3.8, 4) is 11.3 Å². The Labute approximate surface area is 180 Å². The number of fused-ring (bicyclic) bond motifs is 1. The van der Waals surface area contributed by atoms with Gasteiger partial charge >= 0.3 is 0 Å². The highest BCUT2D eigenvalue weighted by atomic mass is 16.2. The zero-order chi connectivity index (χ0) is 22.0. The predicted molar refractivity (Wildman–Crippen MR) is 121 cm³/mol. The SMILES string of the molecule is CC(=O)Nc1cccc(CNC(=O)c2cc(-c3ccccc3)nc3c2c(C)nn3C)c1. The van der Waals surface area contributed by atoms with E-state index in [0.29, 0.717) is 29.1 Å². The molecule has 0 saturated carbocycles. The standard InChI is InChI=1S/C24H23N5O2/c1-15-22-20(24(31)25-14-17-8-7-11-19(12-17)26-16(2)30)13-21(18-9-5-4-6-10-18)27-23(22)29(3)28-15/h4-13H,14H2,1-3H3,(H,25,31)(H,26,30). The lowest BCUT2D eigenvalue weighted by molar-refractivity contribution is -0.114. The summed E-state index contributed by atoms with van der Waals surface area (Å²) in [5, 5.41) is 10.9. The van der Waals surface area contributed by atoms with Crippen molar-refractivity contribution in [2.45, 2.75) is 20.4 Å². The Morgan fingerprint density at radius 2 is 1.81 bits per heavy atom. The third-order valence-electron chi connectivity index (χ3n) is 4.98. The van der Waals surface area contributed by atoms with Crippen molar-refractivity contribution in [3.63, 3.8) is 0 Å². The summed E-state index contributed by atoms with van der Waals surface area (Å²) in [6.45, 7) is 3.67. The summed E-state index contributed by atoms with van der Waals surface area (Å²) in [4.78, 5) is 29.2. The molecule has 2 aromatic carbocycles. The van der Waals surface area contributed by atoms with E-state index in [-0.39, 0.29) is 11.8 Å². The van der Waals surface area contributed by atoms with Crippen LogP contribution in [0.15, 0.2) is 60.7 Å². The van der Waals surface area contributed by atoms with E-state index in [0.717, 1.165) is 22.2 Å². The second kappa shape index (κ2) is 8.39. The molecule has 7 heteroatoms. The first-order chi connectivity index (χ1) is 14.9. The van der Waals surface area contributed by atoms with Gasteiger partial charge in [-0.05, 0) is 30.7 Å². The highest BCUT2D eigenvalue weighted by Crippen LogP contribution is 2.26. The minimum atomic E-state index is -0.203. The molecule has 2 aromatic heterocycles. The molecule has 0 aliphatic heterocycles. The van der Waals surface area contributed by atoms with Crippen molar-refractivity contribution in [1.29, 1.82) is 0 Å². The number of hydrogen-bond acceptors (Lipinski definition) is 4. The summed E-state index contributed by atoms with van der Waals surface area (Å²) < 4.78 is 1.70. The maximum Gasteiger partial charge on any atom is 0.252 e. The first-order valence-electron chi connectivity index (χ1n) is 9.97. The van der Waals surface area contributed by atoms with Crippen molar-refractivity contribution in [3.05, 3.63) is 77.5 Å². The number of aromatic nitrogens is 3. The topological polar surface area (TPSA) is 88.9 Å². The lowest BCUT2D eigenvalue weighted by Gasteiger charge is -2.10. The number of anilines is 1. The number of rotatable bonds is 5. The minimum absolute atomic E-state index is 0.138. The monoisotopic (exact) mass is 413 g/mol. The van der Waals surface area contributed by atoms with Crippen molar-refractivity contribution in [2.75, 3.05) is 5.32 Å². The molecule has 7 nitrogen and oxygen atoms in total. The van der Waals surface area contributed by atoms with E-state index in [1.54, 1.807) is 4.68 Å². The van der Waals surface area contributed by atoms with E-state index in [1.807, 2.05) is 74.6 Å². The Hall–Kier alpha value is -4.00. The van der Waals surface area contributed by atoms with Gasteiger partial charge in [-0.25, -0.2) is 4.98 Å². The van der Waals surface area contributed by atoms with Gasteiger partial charge in [0.15, 0.2) is 5.65 Å². The smallest absolute Gasteiger partial charge is 0.252 e. The van der Waals surface area contributed by atoms with E-state index < -0.39 is 0 Å². The molecule has 4 rings (SSSR count). The Balaban J connectivity index is 1.67. The van der Waals surface area contributed by atoms with E-state index in [1.165, 1.54) is 6.92 Å². The van der Waals surface area contributed by atoms with Crippen LogP contribution < -0.4 is 10.6 Å². The molecule has 4 aromatic rings. The van der Waals surface area contributed by atoms with Gasteiger partial charge in [0.05, 0.1) is 22.3 Å². The van der Waals surface area contributed by atoms with Gasteiger partial charge in [0.1, 0.15) is 0 Å². The van der Waals surface area contributed by atoms with Crippen LogP contribution in [0, 0.1) is 6.92 Å². The van der Waals surface area contributed by atoms with Crippen molar-refractivity contribution in [2.24, 2.45) is 7.05 Å². The molecule has 0 aliphatic rings. The molecule has 0 radical (unpaired) electrons. The zero-order valence-electron chi connectivity index (χ0n) is 17.6. The average molecular weight is 413 g/mol. The molecule has 0 bridgehead atoms. The Kier molecular flexibility index (Phi) is 5.49. The molecular formula is C24H23N5O2. The van der Waals surface area contributed by atoms with Gasteiger partial charge in [-0.2, -0.15) is 5.10 Å². The summed E-state index contributed by atoms with van der Waals surface area (Å²) in [7, 11) is 1.83. The molecular weight excluding hydrogens is 390 g/mol. The van der Waals surface area contributed by atoms with E-state index in [2.05, 4.69) is 15.7 Å². The number of nitrogens with one attached hydrogen (secondary N) is 2. The van der Waals surface area contributed by atoms with Gasteiger partial charge in [0.25, 0.3) is 5.91 Å². The van der Waals surface area contributed by atoms with E-state index >= 15 is 0 Å². The van der Waals surface area contributed by atoms with Crippen LogP contribution in [0.4, 0.5) is 5.69 Å². The number of benzene rings is 2. The summed E-state index contributed by atoms with van der Waals surface area (Å²) in [6, 6.07) is 19.0. The molecule has 2 amide bonds. The maximum absolute atomic E-state index is 13.2. The highest BCUT2D eigenvalue weighted by Gasteiger charge is 2.19. The molecule has 0 aliphatic carbocycles. The lowest BCUT2D eigenvalue weighted by atomic mass is 10.0. The summed E-state index contributed by atoms with van der Waals surface area (Å²) >= 11 is 0. The van der Waals surface area contributed by atoms with E-state index in [9.17, 15) is 9.59 Å². The molecule has 2 N–H and O–H groups in total. The molecule has 31 heavy (non-hydrogen) atoms. The first kappa shape index (κ1) is 20.3. The van der Waals surface area contributed by atoms with Gasteiger partial charge in [-0.15, -0.1) is 0 Å². The van der Waals surface area contributed by atoms with Crippen LogP contribution in [0.1, 0.15) is 28.5 Å². The Bertz CT molecular complexity index is 1280.